The lowest BCUT2D eigenvalue weighted by atomic mass is 9.90. The van der Waals surface area contributed by atoms with Crippen LogP contribution in [0.15, 0.2) is 0 Å². The second-order valence-corrected chi connectivity index (χ2v) is 6.51. The normalized spacial score (nSPS) is 22.8. The number of nitriles is 1. The van der Waals surface area contributed by atoms with E-state index in [4.69, 9.17) is 14.7 Å². The highest BCUT2D eigenvalue weighted by Crippen LogP contribution is 2.29. The maximum atomic E-state index is 12.0. The van der Waals surface area contributed by atoms with Gasteiger partial charge in [0.05, 0.1) is 31.2 Å². The molecule has 0 aliphatic carbocycles. The molecule has 0 aromatic rings. The van der Waals surface area contributed by atoms with Crippen LogP contribution < -0.4 is 0 Å². The summed E-state index contributed by atoms with van der Waals surface area (Å²) in [6, 6.07) is 2.25. The SMILES string of the molecule is CC(C)(C)OC(=O)N1CCN(C2(CC#N)COC2)CC1. The summed E-state index contributed by atoms with van der Waals surface area (Å²) in [5.41, 5.74) is -0.590. The predicted octanol–water partition coefficient (Wildman–Crippen LogP) is 1.22. The first-order chi connectivity index (χ1) is 9.36. The molecule has 112 valence electrons. The molecule has 0 aromatic heterocycles. The first-order valence-electron chi connectivity index (χ1n) is 7.04. The smallest absolute Gasteiger partial charge is 0.410 e. The Bertz CT molecular complexity index is 399. The molecule has 2 rings (SSSR count). The molecule has 0 bridgehead atoms. The molecule has 0 saturated carbocycles. The van der Waals surface area contributed by atoms with Gasteiger partial charge in [0.2, 0.25) is 0 Å². The minimum Gasteiger partial charge on any atom is -0.444 e. The topological polar surface area (TPSA) is 65.8 Å². The zero-order valence-corrected chi connectivity index (χ0v) is 12.5. The van der Waals surface area contributed by atoms with Crippen molar-refractivity contribution in [2.24, 2.45) is 0 Å². The third kappa shape index (κ3) is 3.22. The molecule has 0 atom stereocenters. The van der Waals surface area contributed by atoms with Gasteiger partial charge in [-0.1, -0.05) is 0 Å². The van der Waals surface area contributed by atoms with E-state index >= 15 is 0 Å². The molecule has 6 heteroatoms. The minimum absolute atomic E-state index is 0.130. The number of hydrogen-bond donors (Lipinski definition) is 0. The Morgan fingerprint density at radius 3 is 2.30 bits per heavy atom. The van der Waals surface area contributed by atoms with Gasteiger partial charge in [-0.25, -0.2) is 4.79 Å². The molecule has 0 unspecified atom stereocenters. The largest absolute Gasteiger partial charge is 0.444 e. The third-order valence-electron chi connectivity index (χ3n) is 3.75. The summed E-state index contributed by atoms with van der Waals surface area (Å²) in [5.74, 6) is 0. The van der Waals surface area contributed by atoms with Gasteiger partial charge in [0.15, 0.2) is 0 Å². The van der Waals surface area contributed by atoms with Crippen LogP contribution in [0.1, 0.15) is 27.2 Å². The van der Waals surface area contributed by atoms with Gasteiger partial charge in [0, 0.05) is 26.2 Å². The number of nitrogens with zero attached hydrogens (tertiary/aromatic N) is 3. The molecule has 2 fully saturated rings. The van der Waals surface area contributed by atoms with Crippen molar-refractivity contribution < 1.29 is 14.3 Å². The molecule has 0 N–H and O–H groups in total. The summed E-state index contributed by atoms with van der Waals surface area (Å²) in [6.45, 7) is 9.66. The molecule has 0 aromatic carbocycles. The van der Waals surface area contributed by atoms with E-state index < -0.39 is 5.60 Å². The van der Waals surface area contributed by atoms with Crippen LogP contribution in [0, 0.1) is 11.3 Å². The fraction of sp³-hybridized carbons (Fsp3) is 0.857. The van der Waals surface area contributed by atoms with Crippen molar-refractivity contribution in [1.82, 2.24) is 9.80 Å². The number of piperazine rings is 1. The van der Waals surface area contributed by atoms with Crippen molar-refractivity contribution in [3.8, 4) is 6.07 Å². The third-order valence-corrected chi connectivity index (χ3v) is 3.75. The van der Waals surface area contributed by atoms with Crippen LogP contribution >= 0.6 is 0 Å². The Balaban J connectivity index is 1.86. The van der Waals surface area contributed by atoms with Crippen molar-refractivity contribution >= 4 is 6.09 Å². The van der Waals surface area contributed by atoms with E-state index in [-0.39, 0.29) is 11.6 Å². The van der Waals surface area contributed by atoms with Crippen LogP contribution in [0.2, 0.25) is 0 Å². The number of carbonyl (C=O) groups excluding carboxylic acids is 1. The molecule has 0 radical (unpaired) electrons. The Kier molecular flexibility index (Phi) is 4.21. The highest BCUT2D eigenvalue weighted by molar-refractivity contribution is 5.68. The van der Waals surface area contributed by atoms with Crippen molar-refractivity contribution in [3.05, 3.63) is 0 Å². The number of amides is 1. The summed E-state index contributed by atoms with van der Waals surface area (Å²) < 4.78 is 10.7. The van der Waals surface area contributed by atoms with E-state index in [0.29, 0.717) is 32.7 Å². The van der Waals surface area contributed by atoms with E-state index in [1.54, 1.807) is 4.90 Å². The van der Waals surface area contributed by atoms with Crippen molar-refractivity contribution in [2.75, 3.05) is 39.4 Å². The Morgan fingerprint density at radius 2 is 1.90 bits per heavy atom. The van der Waals surface area contributed by atoms with E-state index in [2.05, 4.69) is 11.0 Å². The molecular formula is C14H23N3O3. The second-order valence-electron chi connectivity index (χ2n) is 6.51. The zero-order chi connectivity index (χ0) is 14.8. The lowest BCUT2D eigenvalue weighted by Crippen LogP contribution is -2.66. The Hall–Kier alpha value is -1.32. The van der Waals surface area contributed by atoms with E-state index in [9.17, 15) is 4.79 Å². The summed E-state index contributed by atoms with van der Waals surface area (Å²) in [7, 11) is 0. The van der Waals surface area contributed by atoms with Gasteiger partial charge in [-0.3, -0.25) is 4.90 Å². The van der Waals surface area contributed by atoms with E-state index in [1.807, 2.05) is 20.8 Å². The standard InChI is InChI=1S/C14H23N3O3/c1-13(2,3)20-12(18)16-6-8-17(9-7-16)14(4-5-15)10-19-11-14/h4,6-11H2,1-3H3. The van der Waals surface area contributed by atoms with Crippen LogP contribution in [0.25, 0.3) is 0 Å². The molecule has 2 saturated heterocycles. The van der Waals surface area contributed by atoms with Gasteiger partial charge in [0.1, 0.15) is 5.60 Å². The van der Waals surface area contributed by atoms with Crippen LogP contribution in [0.3, 0.4) is 0 Å². The van der Waals surface area contributed by atoms with Gasteiger partial charge in [-0.15, -0.1) is 0 Å². The lowest BCUT2D eigenvalue weighted by Gasteiger charge is -2.51. The molecule has 2 aliphatic rings. The highest BCUT2D eigenvalue weighted by Gasteiger charge is 2.45. The van der Waals surface area contributed by atoms with Crippen LogP contribution in [0.4, 0.5) is 4.79 Å². The van der Waals surface area contributed by atoms with Gasteiger partial charge >= 0.3 is 6.09 Å². The first kappa shape index (κ1) is 15.1. The molecule has 6 nitrogen and oxygen atoms in total. The molecule has 20 heavy (non-hydrogen) atoms. The fourth-order valence-electron chi connectivity index (χ4n) is 2.57. The zero-order valence-electron chi connectivity index (χ0n) is 12.5. The van der Waals surface area contributed by atoms with Crippen LogP contribution in [-0.4, -0.2) is 66.4 Å². The lowest BCUT2D eigenvalue weighted by molar-refractivity contribution is -0.146. The maximum absolute atomic E-state index is 12.0. The van der Waals surface area contributed by atoms with E-state index in [1.165, 1.54) is 0 Å². The summed E-state index contributed by atoms with van der Waals surface area (Å²) >= 11 is 0. The van der Waals surface area contributed by atoms with Gasteiger partial charge in [-0.05, 0) is 20.8 Å². The highest BCUT2D eigenvalue weighted by atomic mass is 16.6. The molecule has 2 aliphatic heterocycles. The number of ether oxygens (including phenoxy) is 2. The Morgan fingerprint density at radius 1 is 1.30 bits per heavy atom. The monoisotopic (exact) mass is 281 g/mol. The number of hydrogen-bond acceptors (Lipinski definition) is 5. The molecular weight excluding hydrogens is 258 g/mol. The average molecular weight is 281 g/mol. The van der Waals surface area contributed by atoms with Crippen LogP contribution in [0.5, 0.6) is 0 Å². The summed E-state index contributed by atoms with van der Waals surface area (Å²) in [6.07, 6.45) is 0.232. The van der Waals surface area contributed by atoms with Crippen molar-refractivity contribution in [2.45, 2.75) is 38.3 Å². The van der Waals surface area contributed by atoms with Crippen LogP contribution in [-0.2, 0) is 9.47 Å². The van der Waals surface area contributed by atoms with Gasteiger partial charge in [-0.2, -0.15) is 5.26 Å². The second kappa shape index (κ2) is 5.58. The first-order valence-corrected chi connectivity index (χ1v) is 7.04. The van der Waals surface area contributed by atoms with Gasteiger partial charge in [0.25, 0.3) is 0 Å². The molecule has 1 amide bonds. The maximum Gasteiger partial charge on any atom is 0.410 e. The number of carbonyl (C=O) groups is 1. The molecule has 2 heterocycles. The number of rotatable bonds is 2. The van der Waals surface area contributed by atoms with Crippen molar-refractivity contribution in [3.63, 3.8) is 0 Å². The molecule has 0 spiro atoms. The summed E-state index contributed by atoms with van der Waals surface area (Å²) in [5, 5.41) is 8.95. The van der Waals surface area contributed by atoms with E-state index in [0.717, 1.165) is 13.1 Å². The van der Waals surface area contributed by atoms with Gasteiger partial charge < -0.3 is 14.4 Å². The fourth-order valence-corrected chi connectivity index (χ4v) is 2.57. The average Bonchev–Trinajstić information content (AvgIpc) is 2.32. The predicted molar refractivity (Wildman–Crippen MR) is 73.2 cm³/mol. The Labute approximate surface area is 120 Å². The quantitative estimate of drug-likeness (QED) is 0.761. The van der Waals surface area contributed by atoms with Crippen molar-refractivity contribution in [1.29, 1.82) is 5.26 Å². The summed E-state index contributed by atoms with van der Waals surface area (Å²) in [4.78, 5) is 16.0. The minimum atomic E-state index is -0.460.